The van der Waals surface area contributed by atoms with Crippen LogP contribution in [0.5, 0.6) is 0 Å². The second-order valence-electron chi connectivity index (χ2n) is 16.4. The molecule has 0 amide bonds. The number of para-hydroxylation sites is 6. The van der Waals surface area contributed by atoms with Gasteiger partial charge in [-0.2, -0.15) is 9.97 Å². The zero-order valence-corrected chi connectivity index (χ0v) is 34.2. The summed E-state index contributed by atoms with van der Waals surface area (Å²) in [5, 5.41) is 9.01. The predicted octanol–water partition coefficient (Wildman–Crippen LogP) is 14.4. The molecule has 0 atom stereocenters. The fourth-order valence-corrected chi connectivity index (χ4v) is 10.1. The SMILES string of the molecule is c1ccc(-n2c3ccccc3c3ccc(-c4nc(-c5ccc6c(c5)oc5ccccc56)nc(-n5c6ccccc6c6ccc7c(c8ccccc8n7-c7ccccc7)c65)n4)cc32)cc1. The Labute approximate surface area is 365 Å². The van der Waals surface area contributed by atoms with Crippen LogP contribution in [-0.2, 0) is 0 Å². The van der Waals surface area contributed by atoms with E-state index < -0.39 is 0 Å². The average Bonchev–Trinajstić information content (AvgIpc) is 4.10. The highest BCUT2D eigenvalue weighted by atomic mass is 16.3. The monoisotopic (exact) mass is 818 g/mol. The zero-order valence-electron chi connectivity index (χ0n) is 34.2. The van der Waals surface area contributed by atoms with Gasteiger partial charge in [-0.25, -0.2) is 4.98 Å². The number of hydrogen-bond acceptors (Lipinski definition) is 4. The van der Waals surface area contributed by atoms with Crippen LogP contribution in [0.4, 0.5) is 0 Å². The molecule has 0 aliphatic carbocycles. The van der Waals surface area contributed by atoms with Crippen molar-refractivity contribution in [3.8, 4) is 40.1 Å². The van der Waals surface area contributed by atoms with Gasteiger partial charge in [0.25, 0.3) is 0 Å². The summed E-state index contributed by atoms with van der Waals surface area (Å²) in [6.45, 7) is 0. The van der Waals surface area contributed by atoms with Crippen LogP contribution in [0.25, 0.3) is 127 Å². The van der Waals surface area contributed by atoms with Gasteiger partial charge in [-0.15, -0.1) is 0 Å². The quantitative estimate of drug-likeness (QED) is 0.173. The van der Waals surface area contributed by atoms with Gasteiger partial charge in [-0.1, -0.05) is 133 Å². The van der Waals surface area contributed by atoms with Crippen molar-refractivity contribution in [2.45, 2.75) is 0 Å². The molecule has 0 N–H and O–H groups in total. The summed E-state index contributed by atoms with van der Waals surface area (Å²) in [5.41, 5.74) is 12.0. The maximum Gasteiger partial charge on any atom is 0.238 e. The van der Waals surface area contributed by atoms with Gasteiger partial charge < -0.3 is 13.6 Å². The lowest BCUT2D eigenvalue weighted by Gasteiger charge is -2.12. The second-order valence-corrected chi connectivity index (χ2v) is 16.4. The Morgan fingerprint density at radius 2 is 0.797 bits per heavy atom. The minimum Gasteiger partial charge on any atom is -0.456 e. The topological polar surface area (TPSA) is 66.6 Å². The Hall–Kier alpha value is -8.81. The zero-order chi connectivity index (χ0) is 41.9. The van der Waals surface area contributed by atoms with E-state index in [1.807, 2.05) is 18.2 Å². The smallest absolute Gasteiger partial charge is 0.238 e. The number of furan rings is 1. The van der Waals surface area contributed by atoms with E-state index in [1.165, 1.54) is 5.39 Å². The largest absolute Gasteiger partial charge is 0.456 e. The lowest BCUT2D eigenvalue weighted by atomic mass is 10.1. The molecule has 9 aromatic carbocycles. The summed E-state index contributed by atoms with van der Waals surface area (Å²) in [5.74, 6) is 1.65. The Bertz CT molecular complexity index is 4190. The summed E-state index contributed by atoms with van der Waals surface area (Å²) in [6, 6.07) is 72.5. The van der Waals surface area contributed by atoms with Crippen molar-refractivity contribution in [1.82, 2.24) is 28.7 Å². The molecule has 0 saturated carbocycles. The highest BCUT2D eigenvalue weighted by molar-refractivity contribution is 6.26. The van der Waals surface area contributed by atoms with E-state index in [-0.39, 0.29) is 0 Å². The lowest BCUT2D eigenvalue weighted by molar-refractivity contribution is 0.669. The summed E-state index contributed by atoms with van der Waals surface area (Å²) in [6.07, 6.45) is 0. The van der Waals surface area contributed by atoms with Crippen LogP contribution in [0.3, 0.4) is 0 Å². The summed E-state index contributed by atoms with van der Waals surface area (Å²) in [7, 11) is 0. The van der Waals surface area contributed by atoms with Gasteiger partial charge in [0, 0.05) is 65.6 Å². The fourth-order valence-electron chi connectivity index (χ4n) is 10.1. The minimum absolute atomic E-state index is 0.531. The van der Waals surface area contributed by atoms with Crippen LogP contribution in [-0.4, -0.2) is 28.7 Å². The third-order valence-corrected chi connectivity index (χ3v) is 12.9. The highest BCUT2D eigenvalue weighted by Gasteiger charge is 2.24. The van der Waals surface area contributed by atoms with E-state index in [0.717, 1.165) is 104 Å². The van der Waals surface area contributed by atoms with Gasteiger partial charge in [0.2, 0.25) is 5.95 Å². The molecule has 0 aliphatic rings. The van der Waals surface area contributed by atoms with E-state index in [2.05, 4.69) is 202 Å². The lowest BCUT2D eigenvalue weighted by Crippen LogP contribution is -2.06. The molecule has 64 heavy (non-hydrogen) atoms. The van der Waals surface area contributed by atoms with Gasteiger partial charge in [-0.3, -0.25) is 4.57 Å². The van der Waals surface area contributed by atoms with Crippen molar-refractivity contribution in [3.05, 3.63) is 206 Å². The van der Waals surface area contributed by atoms with Gasteiger partial charge in [0.05, 0.1) is 33.1 Å². The van der Waals surface area contributed by atoms with E-state index in [1.54, 1.807) is 0 Å². The number of rotatable bonds is 5. The molecule has 14 aromatic rings. The molecule has 5 heterocycles. The second kappa shape index (κ2) is 13.3. The molecule has 7 heteroatoms. The first-order valence-corrected chi connectivity index (χ1v) is 21.5. The number of fused-ring (bicyclic) bond motifs is 13. The number of aromatic nitrogens is 6. The van der Waals surface area contributed by atoms with Gasteiger partial charge in [-0.05, 0) is 72.8 Å². The van der Waals surface area contributed by atoms with Crippen molar-refractivity contribution >= 4 is 87.4 Å². The van der Waals surface area contributed by atoms with Crippen molar-refractivity contribution in [1.29, 1.82) is 0 Å². The van der Waals surface area contributed by atoms with Crippen LogP contribution < -0.4 is 0 Å². The summed E-state index contributed by atoms with van der Waals surface area (Å²) < 4.78 is 13.4. The van der Waals surface area contributed by atoms with Crippen LogP contribution in [0.15, 0.2) is 211 Å². The van der Waals surface area contributed by atoms with Crippen LogP contribution in [0.1, 0.15) is 0 Å². The molecule has 7 nitrogen and oxygen atoms in total. The fraction of sp³-hybridized carbons (Fsp3) is 0. The van der Waals surface area contributed by atoms with Crippen LogP contribution >= 0.6 is 0 Å². The molecular weight excluding hydrogens is 785 g/mol. The molecular formula is C57H34N6O. The Morgan fingerprint density at radius 1 is 0.312 bits per heavy atom. The van der Waals surface area contributed by atoms with Crippen molar-refractivity contribution < 1.29 is 4.42 Å². The van der Waals surface area contributed by atoms with Gasteiger partial charge in [0.15, 0.2) is 11.6 Å². The average molecular weight is 819 g/mol. The molecule has 14 rings (SSSR count). The Kier molecular flexibility index (Phi) is 7.27. The summed E-state index contributed by atoms with van der Waals surface area (Å²) in [4.78, 5) is 16.3. The maximum atomic E-state index is 6.43. The van der Waals surface area contributed by atoms with E-state index in [0.29, 0.717) is 17.6 Å². The molecule has 298 valence electrons. The standard InChI is InChI=1S/C57H34N6O/c1-3-15-37(16-4-1)61-48-25-13-9-22-45(48)53-49(61)32-31-44-40-20-8-12-24-47(40)63(54(44)53)57-59-55(58-56(60-57)36-28-30-43-42-21-10-14-26-51(42)64-52(43)34-36)35-27-29-41-39-19-7-11-23-46(39)62(50(41)33-35)38-17-5-2-6-18-38/h1-34H. The van der Waals surface area contributed by atoms with Crippen molar-refractivity contribution in [2.24, 2.45) is 0 Å². The normalized spacial score (nSPS) is 12.1. The third-order valence-electron chi connectivity index (χ3n) is 12.9. The van der Waals surface area contributed by atoms with Crippen LogP contribution in [0.2, 0.25) is 0 Å². The Morgan fingerprint density at radius 3 is 1.50 bits per heavy atom. The molecule has 0 spiro atoms. The van der Waals surface area contributed by atoms with Gasteiger partial charge in [0.1, 0.15) is 11.2 Å². The third kappa shape index (κ3) is 5.00. The summed E-state index contributed by atoms with van der Waals surface area (Å²) >= 11 is 0. The minimum atomic E-state index is 0.531. The molecule has 0 aliphatic heterocycles. The van der Waals surface area contributed by atoms with Gasteiger partial charge >= 0.3 is 0 Å². The molecule has 5 aromatic heterocycles. The number of benzene rings is 9. The highest BCUT2D eigenvalue weighted by Crippen LogP contribution is 2.42. The first kappa shape index (κ1) is 34.9. The molecule has 0 radical (unpaired) electrons. The first-order chi connectivity index (χ1) is 31.7. The van der Waals surface area contributed by atoms with Crippen molar-refractivity contribution in [3.63, 3.8) is 0 Å². The van der Waals surface area contributed by atoms with Crippen LogP contribution in [0, 0.1) is 0 Å². The number of nitrogens with zero attached hydrogens (tertiary/aromatic N) is 6. The maximum absolute atomic E-state index is 6.43. The van der Waals surface area contributed by atoms with E-state index in [9.17, 15) is 0 Å². The van der Waals surface area contributed by atoms with Crippen molar-refractivity contribution in [2.75, 3.05) is 0 Å². The molecule has 0 bridgehead atoms. The first-order valence-electron chi connectivity index (χ1n) is 21.5. The molecule has 0 fully saturated rings. The Balaban J connectivity index is 1.09. The molecule has 0 saturated heterocycles. The number of hydrogen-bond donors (Lipinski definition) is 0. The molecule has 0 unspecified atom stereocenters. The predicted molar refractivity (Wildman–Crippen MR) is 261 cm³/mol. The van der Waals surface area contributed by atoms with E-state index in [4.69, 9.17) is 19.4 Å². The van der Waals surface area contributed by atoms with E-state index >= 15 is 0 Å².